The normalized spacial score (nSPS) is 27.8. The number of fused-ring (bicyclic) bond motifs is 2. The van der Waals surface area contributed by atoms with Crippen LogP contribution in [0.2, 0.25) is 0 Å². The lowest BCUT2D eigenvalue weighted by Crippen LogP contribution is -2.40. The van der Waals surface area contributed by atoms with Crippen LogP contribution in [0.15, 0.2) is 30.6 Å². The van der Waals surface area contributed by atoms with Crippen LogP contribution < -0.4 is 9.88 Å². The fourth-order valence-corrected chi connectivity index (χ4v) is 4.50. The number of hydrogen-bond acceptors (Lipinski definition) is 1. The molecule has 1 amide bonds. The topological polar surface area (TPSA) is 33.0 Å². The minimum atomic E-state index is 0.244. The quantitative estimate of drug-likeness (QED) is 0.609. The number of carbonyl (C=O) groups is 1. The van der Waals surface area contributed by atoms with Crippen LogP contribution in [0.5, 0.6) is 0 Å². The Bertz CT molecular complexity index is 487. The zero-order valence-electron chi connectivity index (χ0n) is 13.7. The molecule has 120 valence electrons. The molecule has 1 heterocycles. The van der Waals surface area contributed by atoms with Crippen LogP contribution in [-0.4, -0.2) is 11.9 Å². The van der Waals surface area contributed by atoms with Gasteiger partial charge in [0.1, 0.15) is 6.54 Å². The van der Waals surface area contributed by atoms with E-state index in [-0.39, 0.29) is 5.91 Å². The van der Waals surface area contributed by atoms with Crippen molar-refractivity contribution in [1.82, 2.24) is 5.32 Å². The van der Waals surface area contributed by atoms with E-state index in [1.807, 2.05) is 18.2 Å². The van der Waals surface area contributed by atoms with Gasteiger partial charge in [0.2, 0.25) is 5.91 Å². The Hall–Kier alpha value is -1.38. The van der Waals surface area contributed by atoms with Crippen LogP contribution in [-0.2, 0) is 11.3 Å². The molecule has 1 aromatic rings. The van der Waals surface area contributed by atoms with Gasteiger partial charge >= 0.3 is 0 Å². The summed E-state index contributed by atoms with van der Waals surface area (Å²) in [7, 11) is 0. The van der Waals surface area contributed by atoms with Crippen molar-refractivity contribution in [3.05, 3.63) is 30.6 Å². The van der Waals surface area contributed by atoms with Gasteiger partial charge in [0, 0.05) is 31.0 Å². The van der Waals surface area contributed by atoms with Crippen molar-refractivity contribution < 1.29 is 9.36 Å². The molecule has 2 saturated carbocycles. The summed E-state index contributed by atoms with van der Waals surface area (Å²) in [6.07, 6.45) is 12.4. The van der Waals surface area contributed by atoms with E-state index in [1.54, 1.807) is 0 Å². The number of nitrogens with zero attached hydrogens (tertiary/aromatic N) is 1. The van der Waals surface area contributed by atoms with E-state index in [1.165, 1.54) is 25.7 Å². The molecule has 0 aromatic carbocycles. The fraction of sp³-hybridized carbons (Fsp3) is 0.684. The second kappa shape index (κ2) is 7.26. The third kappa shape index (κ3) is 3.88. The highest BCUT2D eigenvalue weighted by Crippen LogP contribution is 2.49. The molecule has 0 aliphatic heterocycles. The van der Waals surface area contributed by atoms with Crippen LogP contribution in [0.4, 0.5) is 0 Å². The van der Waals surface area contributed by atoms with Crippen LogP contribution in [0.25, 0.3) is 0 Å². The molecule has 3 rings (SSSR count). The van der Waals surface area contributed by atoms with Crippen LogP contribution in [0.1, 0.15) is 51.9 Å². The predicted molar refractivity (Wildman–Crippen MR) is 87.0 cm³/mol. The van der Waals surface area contributed by atoms with Crippen LogP contribution in [0, 0.1) is 17.8 Å². The Labute approximate surface area is 134 Å². The molecule has 22 heavy (non-hydrogen) atoms. The largest absolute Gasteiger partial charge is 0.353 e. The summed E-state index contributed by atoms with van der Waals surface area (Å²) in [5.74, 6) is 2.82. The summed E-state index contributed by atoms with van der Waals surface area (Å²) in [4.78, 5) is 12.1. The first kappa shape index (κ1) is 15.5. The maximum Gasteiger partial charge on any atom is 0.220 e. The summed E-state index contributed by atoms with van der Waals surface area (Å²) in [6.45, 7) is 3.21. The second-order valence-electron chi connectivity index (χ2n) is 7.27. The molecule has 0 spiro atoms. The standard InChI is InChI=1S/C19H28N2O/c1-15(18-14-16-8-9-17(18)13-16)20-19(22)7-3-6-12-21-10-4-2-5-11-21/h2,4-5,10-11,15-18H,3,6-9,12-14H2,1H3/p+1. The number of unbranched alkanes of at least 4 members (excludes halogenated alkanes) is 1. The number of hydrogen-bond donors (Lipinski definition) is 1. The lowest BCUT2D eigenvalue weighted by Gasteiger charge is -2.28. The molecule has 2 fully saturated rings. The van der Waals surface area contributed by atoms with Crippen molar-refractivity contribution in [3.8, 4) is 0 Å². The smallest absolute Gasteiger partial charge is 0.220 e. The summed E-state index contributed by atoms with van der Waals surface area (Å²) in [6, 6.07) is 6.49. The van der Waals surface area contributed by atoms with E-state index in [0.29, 0.717) is 12.5 Å². The van der Waals surface area contributed by atoms with Gasteiger partial charge in [-0.2, -0.15) is 0 Å². The van der Waals surface area contributed by atoms with E-state index in [9.17, 15) is 4.79 Å². The van der Waals surface area contributed by atoms with Gasteiger partial charge in [-0.1, -0.05) is 12.5 Å². The number of aryl methyl sites for hydroxylation is 1. The Balaban J connectivity index is 1.32. The van der Waals surface area contributed by atoms with Gasteiger partial charge in [0.15, 0.2) is 12.4 Å². The van der Waals surface area contributed by atoms with E-state index in [4.69, 9.17) is 0 Å². The molecule has 0 saturated heterocycles. The SMILES string of the molecule is CC(NC(=O)CCCC[n+]1ccccc1)C1CC2CCC1C2. The Morgan fingerprint density at radius 2 is 2.00 bits per heavy atom. The first-order chi connectivity index (χ1) is 10.7. The molecule has 0 radical (unpaired) electrons. The zero-order chi connectivity index (χ0) is 15.4. The highest BCUT2D eigenvalue weighted by atomic mass is 16.1. The molecule has 1 aromatic heterocycles. The lowest BCUT2D eigenvalue weighted by atomic mass is 9.84. The molecular weight excluding hydrogens is 272 g/mol. The molecule has 4 unspecified atom stereocenters. The van der Waals surface area contributed by atoms with E-state index >= 15 is 0 Å². The maximum absolute atomic E-state index is 12.1. The van der Waals surface area contributed by atoms with Gasteiger partial charge in [-0.05, 0) is 50.4 Å². The molecule has 4 atom stereocenters. The van der Waals surface area contributed by atoms with Gasteiger partial charge in [0.05, 0.1) is 0 Å². The minimum Gasteiger partial charge on any atom is -0.353 e. The Morgan fingerprint density at radius 1 is 1.18 bits per heavy atom. The lowest BCUT2D eigenvalue weighted by molar-refractivity contribution is -0.697. The third-order valence-electron chi connectivity index (χ3n) is 5.67. The third-order valence-corrected chi connectivity index (χ3v) is 5.67. The van der Waals surface area contributed by atoms with Crippen molar-refractivity contribution in [2.45, 2.75) is 64.5 Å². The number of rotatable bonds is 7. The summed E-state index contributed by atoms with van der Waals surface area (Å²) in [5.41, 5.74) is 0. The Morgan fingerprint density at radius 3 is 2.68 bits per heavy atom. The monoisotopic (exact) mass is 301 g/mol. The van der Waals surface area contributed by atoms with E-state index < -0.39 is 0 Å². The van der Waals surface area contributed by atoms with Crippen molar-refractivity contribution in [3.63, 3.8) is 0 Å². The predicted octanol–water partition coefficient (Wildman–Crippen LogP) is 3.09. The van der Waals surface area contributed by atoms with Gasteiger partial charge in [-0.15, -0.1) is 0 Å². The number of aromatic nitrogens is 1. The molecule has 1 N–H and O–H groups in total. The van der Waals surface area contributed by atoms with Crippen LogP contribution >= 0.6 is 0 Å². The van der Waals surface area contributed by atoms with Gasteiger partial charge in [-0.25, -0.2) is 4.57 Å². The molecule has 2 bridgehead atoms. The fourth-order valence-electron chi connectivity index (χ4n) is 4.50. The van der Waals surface area contributed by atoms with Gasteiger partial charge in [-0.3, -0.25) is 4.79 Å². The van der Waals surface area contributed by atoms with Crippen molar-refractivity contribution in [1.29, 1.82) is 0 Å². The number of amides is 1. The first-order valence-electron chi connectivity index (χ1n) is 8.96. The maximum atomic E-state index is 12.1. The van der Waals surface area contributed by atoms with Gasteiger partial charge < -0.3 is 5.32 Å². The zero-order valence-corrected chi connectivity index (χ0v) is 13.7. The molecule has 2 aliphatic carbocycles. The number of pyridine rings is 1. The summed E-state index contributed by atoms with van der Waals surface area (Å²) >= 11 is 0. The highest BCUT2D eigenvalue weighted by molar-refractivity contribution is 5.76. The highest BCUT2D eigenvalue weighted by Gasteiger charge is 2.41. The second-order valence-corrected chi connectivity index (χ2v) is 7.27. The molecule has 3 nitrogen and oxygen atoms in total. The first-order valence-corrected chi connectivity index (χ1v) is 8.96. The number of carbonyl (C=O) groups excluding carboxylic acids is 1. The summed E-state index contributed by atoms with van der Waals surface area (Å²) in [5, 5.41) is 3.26. The molecular formula is C19H29N2O+. The average molecular weight is 301 g/mol. The number of nitrogens with one attached hydrogen (secondary N) is 1. The van der Waals surface area contributed by atoms with Crippen molar-refractivity contribution >= 4 is 5.91 Å². The Kier molecular flexibility index (Phi) is 5.12. The average Bonchev–Trinajstić information content (AvgIpc) is 3.15. The van der Waals surface area contributed by atoms with E-state index in [2.05, 4.69) is 29.2 Å². The molecule has 2 aliphatic rings. The van der Waals surface area contributed by atoms with Crippen molar-refractivity contribution in [2.75, 3.05) is 0 Å². The van der Waals surface area contributed by atoms with Crippen molar-refractivity contribution in [2.24, 2.45) is 17.8 Å². The minimum absolute atomic E-state index is 0.244. The van der Waals surface area contributed by atoms with Gasteiger partial charge in [0.25, 0.3) is 0 Å². The van der Waals surface area contributed by atoms with E-state index in [0.717, 1.165) is 37.1 Å². The van der Waals surface area contributed by atoms with Crippen LogP contribution in [0.3, 0.4) is 0 Å². The molecule has 3 heteroatoms. The summed E-state index contributed by atoms with van der Waals surface area (Å²) < 4.78 is 2.18.